The van der Waals surface area contributed by atoms with Crippen LogP contribution in [-0.4, -0.2) is 12.1 Å². The van der Waals surface area contributed by atoms with E-state index in [-0.39, 0.29) is 5.97 Å². The highest BCUT2D eigenvalue weighted by molar-refractivity contribution is 5.76. The minimum Gasteiger partial charge on any atom is -0.462 e. The molecule has 0 radical (unpaired) electrons. The van der Waals surface area contributed by atoms with Crippen molar-refractivity contribution in [3.05, 3.63) is 0 Å². The van der Waals surface area contributed by atoms with Crippen LogP contribution >= 0.6 is 0 Å². The predicted molar refractivity (Wildman–Crippen MR) is 34.2 cm³/mol. The molecular weight excluding hydrogens is 128 g/mol. The van der Waals surface area contributed by atoms with Crippen LogP contribution in [0.1, 0.15) is 19.3 Å². The first-order valence-electron chi connectivity index (χ1n) is 4.05. The van der Waals surface area contributed by atoms with E-state index in [0.717, 1.165) is 18.8 Å². The first kappa shape index (κ1) is 5.16. The fourth-order valence-electron chi connectivity index (χ4n) is 2.93. The van der Waals surface area contributed by atoms with E-state index in [1.165, 1.54) is 6.42 Å². The summed E-state index contributed by atoms with van der Waals surface area (Å²) in [7, 11) is 0. The molecule has 1 aliphatic heterocycles. The maximum atomic E-state index is 11.1. The zero-order valence-corrected chi connectivity index (χ0v) is 5.75. The first-order chi connectivity index (χ1) is 4.84. The molecule has 0 aromatic rings. The normalized spacial score (nSPS) is 55.8. The van der Waals surface area contributed by atoms with Crippen molar-refractivity contribution in [2.45, 2.75) is 25.4 Å². The van der Waals surface area contributed by atoms with E-state index >= 15 is 0 Å². The van der Waals surface area contributed by atoms with Crippen LogP contribution in [0.25, 0.3) is 0 Å². The van der Waals surface area contributed by atoms with Gasteiger partial charge in [-0.2, -0.15) is 0 Å². The Bertz CT molecular complexity index is 197. The molecule has 2 aliphatic carbocycles. The molecule has 10 heavy (non-hydrogen) atoms. The number of hydrogen-bond acceptors (Lipinski definition) is 2. The van der Waals surface area contributed by atoms with Gasteiger partial charge in [0.25, 0.3) is 0 Å². The molecule has 0 amide bonds. The lowest BCUT2D eigenvalue weighted by molar-refractivity contribution is -0.143. The highest BCUT2D eigenvalue weighted by atomic mass is 16.6. The number of esters is 1. The Morgan fingerprint density at radius 2 is 2.20 bits per heavy atom. The molecule has 1 saturated heterocycles. The molecule has 2 nitrogen and oxygen atoms in total. The second kappa shape index (κ2) is 1.39. The van der Waals surface area contributed by atoms with Gasteiger partial charge in [0.1, 0.15) is 6.10 Å². The summed E-state index contributed by atoms with van der Waals surface area (Å²) in [6.45, 7) is 0. The lowest BCUT2D eigenvalue weighted by atomic mass is 9.90. The SMILES string of the molecule is O=C1O[C@H]2C[C@@H]3C[C@@H]2[C@H]1C3. The highest BCUT2D eigenvalue weighted by Crippen LogP contribution is 2.54. The minimum atomic E-state index is 0.0926. The van der Waals surface area contributed by atoms with Crippen molar-refractivity contribution in [2.75, 3.05) is 0 Å². The van der Waals surface area contributed by atoms with Crippen LogP contribution in [0.15, 0.2) is 0 Å². The van der Waals surface area contributed by atoms with Gasteiger partial charge < -0.3 is 4.74 Å². The molecule has 0 spiro atoms. The van der Waals surface area contributed by atoms with Gasteiger partial charge in [-0.1, -0.05) is 0 Å². The van der Waals surface area contributed by atoms with Crippen molar-refractivity contribution >= 4 is 5.97 Å². The zero-order chi connectivity index (χ0) is 6.72. The standard InChI is InChI=1S/C8H10O2/c9-8-6-2-4-1-5(6)7(3-4)10-8/h4-7H,1-3H2/t4-,5-,6-,7+/m1/s1. The molecule has 54 valence electrons. The Hall–Kier alpha value is -0.530. The number of rotatable bonds is 0. The van der Waals surface area contributed by atoms with Crippen LogP contribution in [0.4, 0.5) is 0 Å². The van der Waals surface area contributed by atoms with Crippen molar-refractivity contribution < 1.29 is 9.53 Å². The number of hydrogen-bond donors (Lipinski definition) is 0. The summed E-state index contributed by atoms with van der Waals surface area (Å²) in [5, 5.41) is 0. The maximum Gasteiger partial charge on any atom is 0.309 e. The smallest absolute Gasteiger partial charge is 0.309 e. The van der Waals surface area contributed by atoms with Gasteiger partial charge in [0.05, 0.1) is 5.92 Å². The third kappa shape index (κ3) is 0.414. The molecule has 4 atom stereocenters. The molecule has 3 aliphatic rings. The van der Waals surface area contributed by atoms with Gasteiger partial charge in [0.2, 0.25) is 0 Å². The summed E-state index contributed by atoms with van der Waals surface area (Å²) < 4.78 is 5.20. The number of fused-ring (bicyclic) bond motifs is 1. The molecule has 3 rings (SSSR count). The van der Waals surface area contributed by atoms with Crippen LogP contribution in [0.2, 0.25) is 0 Å². The number of ether oxygens (including phenoxy) is 1. The predicted octanol–water partition coefficient (Wildman–Crippen LogP) is 0.958. The van der Waals surface area contributed by atoms with Crippen molar-refractivity contribution in [1.82, 2.24) is 0 Å². The molecule has 3 fully saturated rings. The fraction of sp³-hybridized carbons (Fsp3) is 0.875. The van der Waals surface area contributed by atoms with Crippen molar-refractivity contribution in [3.63, 3.8) is 0 Å². The average Bonchev–Trinajstić information content (AvgIpc) is 2.44. The van der Waals surface area contributed by atoms with Crippen LogP contribution in [0, 0.1) is 17.8 Å². The monoisotopic (exact) mass is 138 g/mol. The second-order valence-electron chi connectivity index (χ2n) is 3.82. The van der Waals surface area contributed by atoms with E-state index in [0.29, 0.717) is 17.9 Å². The Kier molecular flexibility index (Phi) is 0.715. The summed E-state index contributed by atoms with van der Waals surface area (Å²) in [4.78, 5) is 11.1. The van der Waals surface area contributed by atoms with Gasteiger partial charge in [-0.15, -0.1) is 0 Å². The van der Waals surface area contributed by atoms with E-state index < -0.39 is 0 Å². The molecular formula is C8H10O2. The van der Waals surface area contributed by atoms with Crippen LogP contribution in [0.5, 0.6) is 0 Å². The summed E-state index contributed by atoms with van der Waals surface area (Å²) in [5.74, 6) is 1.85. The van der Waals surface area contributed by atoms with E-state index in [1.807, 2.05) is 0 Å². The van der Waals surface area contributed by atoms with Crippen molar-refractivity contribution in [2.24, 2.45) is 17.8 Å². The van der Waals surface area contributed by atoms with Gasteiger partial charge >= 0.3 is 5.97 Å². The molecule has 2 heteroatoms. The van der Waals surface area contributed by atoms with Gasteiger partial charge in [-0.3, -0.25) is 4.79 Å². The lowest BCUT2D eigenvalue weighted by Crippen LogP contribution is -2.15. The highest BCUT2D eigenvalue weighted by Gasteiger charge is 2.56. The Labute approximate surface area is 59.6 Å². The van der Waals surface area contributed by atoms with E-state index in [9.17, 15) is 4.79 Å². The second-order valence-corrected chi connectivity index (χ2v) is 3.82. The third-order valence-corrected chi connectivity index (χ3v) is 3.32. The molecule has 1 heterocycles. The van der Waals surface area contributed by atoms with Gasteiger partial charge in [0.15, 0.2) is 0 Å². The largest absolute Gasteiger partial charge is 0.462 e. The molecule has 2 saturated carbocycles. The molecule has 0 unspecified atom stereocenters. The zero-order valence-electron chi connectivity index (χ0n) is 5.75. The first-order valence-corrected chi connectivity index (χ1v) is 4.05. The summed E-state index contributed by atoms with van der Waals surface area (Å²) >= 11 is 0. The van der Waals surface area contributed by atoms with Crippen molar-refractivity contribution in [3.8, 4) is 0 Å². The Morgan fingerprint density at radius 1 is 1.30 bits per heavy atom. The number of carbonyl (C=O) groups is 1. The van der Waals surface area contributed by atoms with Gasteiger partial charge in [0, 0.05) is 5.92 Å². The van der Waals surface area contributed by atoms with Gasteiger partial charge in [-0.05, 0) is 25.2 Å². The molecule has 0 aromatic carbocycles. The number of carbonyl (C=O) groups excluding carboxylic acids is 1. The summed E-state index contributed by atoms with van der Waals surface area (Å²) in [5.41, 5.74) is 0. The van der Waals surface area contributed by atoms with Crippen LogP contribution in [-0.2, 0) is 9.53 Å². The molecule has 0 N–H and O–H groups in total. The summed E-state index contributed by atoms with van der Waals surface area (Å²) in [6, 6.07) is 0. The van der Waals surface area contributed by atoms with Crippen molar-refractivity contribution in [1.29, 1.82) is 0 Å². The van der Waals surface area contributed by atoms with E-state index in [1.54, 1.807) is 0 Å². The van der Waals surface area contributed by atoms with Crippen LogP contribution in [0.3, 0.4) is 0 Å². The van der Waals surface area contributed by atoms with Crippen LogP contribution < -0.4 is 0 Å². The minimum absolute atomic E-state index is 0.0926. The molecule has 0 aromatic heterocycles. The Morgan fingerprint density at radius 3 is 2.80 bits per heavy atom. The van der Waals surface area contributed by atoms with E-state index in [2.05, 4.69) is 0 Å². The average molecular weight is 138 g/mol. The lowest BCUT2D eigenvalue weighted by Gasteiger charge is -2.11. The van der Waals surface area contributed by atoms with E-state index in [4.69, 9.17) is 4.74 Å². The maximum absolute atomic E-state index is 11.1. The summed E-state index contributed by atoms with van der Waals surface area (Å²) in [6.07, 6.45) is 3.88. The fourth-order valence-corrected chi connectivity index (χ4v) is 2.93. The molecule has 2 bridgehead atoms. The van der Waals surface area contributed by atoms with Gasteiger partial charge in [-0.25, -0.2) is 0 Å². The Balaban J connectivity index is 2.05. The third-order valence-electron chi connectivity index (χ3n) is 3.32. The topological polar surface area (TPSA) is 26.3 Å². The quantitative estimate of drug-likeness (QED) is 0.466.